The fraction of sp³-hybridized carbons (Fsp3) is 0.250. The van der Waals surface area contributed by atoms with E-state index in [0.29, 0.717) is 12.1 Å². The molecule has 0 amide bonds. The Kier molecular flexibility index (Phi) is 4.65. The lowest BCUT2D eigenvalue weighted by atomic mass is 10.0. The summed E-state index contributed by atoms with van der Waals surface area (Å²) in [6.45, 7) is 4.01. The van der Waals surface area contributed by atoms with Crippen LogP contribution < -0.4 is 4.31 Å². The molecular weight excluding hydrogens is 286 g/mol. The molecular formula is C16H19NO3S. The van der Waals surface area contributed by atoms with Gasteiger partial charge >= 0.3 is 10.3 Å². The van der Waals surface area contributed by atoms with Gasteiger partial charge in [0.2, 0.25) is 0 Å². The van der Waals surface area contributed by atoms with Crippen LogP contribution in [0.1, 0.15) is 23.6 Å². The first-order valence-corrected chi connectivity index (χ1v) is 8.20. The molecule has 0 spiro atoms. The van der Waals surface area contributed by atoms with E-state index in [9.17, 15) is 13.0 Å². The van der Waals surface area contributed by atoms with E-state index in [1.165, 1.54) is 0 Å². The van der Waals surface area contributed by atoms with Crippen molar-refractivity contribution in [1.29, 1.82) is 0 Å². The molecule has 0 aromatic heterocycles. The van der Waals surface area contributed by atoms with Gasteiger partial charge in [-0.2, -0.15) is 8.42 Å². The Morgan fingerprint density at radius 3 is 2.29 bits per heavy atom. The largest absolute Gasteiger partial charge is 0.360 e. The van der Waals surface area contributed by atoms with Crippen LogP contribution in [0.4, 0.5) is 5.69 Å². The van der Waals surface area contributed by atoms with E-state index in [-0.39, 0.29) is 6.54 Å². The molecule has 0 aliphatic rings. The van der Waals surface area contributed by atoms with Crippen LogP contribution in [0, 0.1) is 6.92 Å². The minimum Gasteiger partial charge on any atom is -0.269 e. The fourth-order valence-corrected chi connectivity index (χ4v) is 3.15. The van der Waals surface area contributed by atoms with Gasteiger partial charge in [-0.3, -0.25) is 4.55 Å². The van der Waals surface area contributed by atoms with Crippen molar-refractivity contribution in [1.82, 2.24) is 0 Å². The van der Waals surface area contributed by atoms with E-state index in [4.69, 9.17) is 0 Å². The molecule has 4 nitrogen and oxygen atoms in total. The van der Waals surface area contributed by atoms with Crippen LogP contribution in [0.3, 0.4) is 0 Å². The zero-order valence-corrected chi connectivity index (χ0v) is 13.0. The summed E-state index contributed by atoms with van der Waals surface area (Å²) in [7, 11) is -4.33. The van der Waals surface area contributed by atoms with Crippen LogP contribution in [0.2, 0.25) is 0 Å². The monoisotopic (exact) mass is 305 g/mol. The van der Waals surface area contributed by atoms with Crippen molar-refractivity contribution in [2.45, 2.75) is 26.8 Å². The lowest BCUT2D eigenvalue weighted by Gasteiger charge is -2.24. The number of benzene rings is 2. The van der Waals surface area contributed by atoms with Gasteiger partial charge in [-0.05, 0) is 36.1 Å². The average Bonchev–Trinajstić information content (AvgIpc) is 2.44. The molecule has 0 atom stereocenters. The number of anilines is 1. The molecule has 0 radical (unpaired) electrons. The van der Waals surface area contributed by atoms with Crippen molar-refractivity contribution in [3.63, 3.8) is 0 Å². The number of rotatable bonds is 5. The third kappa shape index (κ3) is 3.62. The van der Waals surface area contributed by atoms with Crippen molar-refractivity contribution < 1.29 is 13.0 Å². The second kappa shape index (κ2) is 6.28. The Hall–Kier alpha value is -1.85. The van der Waals surface area contributed by atoms with Crippen molar-refractivity contribution >= 4 is 16.0 Å². The molecule has 2 rings (SSSR count). The standard InChI is InChI=1S/C16H19NO3S/c1-3-15-13(2)8-7-11-16(15)17(21(18,19)20)12-14-9-5-4-6-10-14/h4-11H,3,12H2,1-2H3,(H,18,19,20). The Morgan fingerprint density at radius 1 is 1.05 bits per heavy atom. The Bertz CT molecular complexity index is 712. The Balaban J connectivity index is 2.50. The number of aryl methyl sites for hydroxylation is 1. The van der Waals surface area contributed by atoms with E-state index >= 15 is 0 Å². The second-order valence-corrected chi connectivity index (χ2v) is 6.23. The van der Waals surface area contributed by atoms with Crippen LogP contribution in [0.15, 0.2) is 48.5 Å². The SMILES string of the molecule is CCc1c(C)cccc1N(Cc1ccccc1)S(=O)(=O)O. The second-order valence-electron chi connectivity index (χ2n) is 4.90. The summed E-state index contributed by atoms with van der Waals surface area (Å²) in [5, 5.41) is 0. The highest BCUT2D eigenvalue weighted by Crippen LogP contribution is 2.27. The average molecular weight is 305 g/mol. The molecule has 112 valence electrons. The van der Waals surface area contributed by atoms with E-state index < -0.39 is 10.3 Å². The first-order valence-electron chi connectivity index (χ1n) is 6.81. The fourth-order valence-electron chi connectivity index (χ4n) is 2.42. The summed E-state index contributed by atoms with van der Waals surface area (Å²) in [6, 6.07) is 14.7. The summed E-state index contributed by atoms with van der Waals surface area (Å²) in [5.41, 5.74) is 3.28. The van der Waals surface area contributed by atoms with Gasteiger partial charge in [0, 0.05) is 0 Å². The van der Waals surface area contributed by atoms with Gasteiger partial charge in [0.05, 0.1) is 12.2 Å². The summed E-state index contributed by atoms with van der Waals surface area (Å²) < 4.78 is 34.2. The predicted molar refractivity (Wildman–Crippen MR) is 84.7 cm³/mol. The van der Waals surface area contributed by atoms with Gasteiger partial charge in [-0.15, -0.1) is 0 Å². The molecule has 0 aliphatic heterocycles. The minimum absolute atomic E-state index is 0.107. The van der Waals surface area contributed by atoms with Crippen LogP contribution >= 0.6 is 0 Å². The lowest BCUT2D eigenvalue weighted by molar-refractivity contribution is 0.477. The maximum atomic E-state index is 11.8. The predicted octanol–water partition coefficient (Wildman–Crippen LogP) is 3.37. The first kappa shape index (κ1) is 15.5. The van der Waals surface area contributed by atoms with Crippen LogP contribution in [-0.4, -0.2) is 13.0 Å². The van der Waals surface area contributed by atoms with Gasteiger partial charge in [0.15, 0.2) is 0 Å². The van der Waals surface area contributed by atoms with Crippen LogP contribution in [0.25, 0.3) is 0 Å². The molecule has 0 bridgehead atoms. The van der Waals surface area contributed by atoms with Crippen molar-refractivity contribution in [2.24, 2.45) is 0 Å². The summed E-state index contributed by atoms with van der Waals surface area (Å²) in [5.74, 6) is 0. The zero-order valence-electron chi connectivity index (χ0n) is 12.2. The molecule has 0 unspecified atom stereocenters. The maximum Gasteiger partial charge on any atom is 0.360 e. The Morgan fingerprint density at radius 2 is 1.71 bits per heavy atom. The molecule has 0 heterocycles. The molecule has 0 saturated heterocycles. The molecule has 0 aliphatic carbocycles. The number of hydrogen-bond donors (Lipinski definition) is 1. The normalized spacial score (nSPS) is 11.4. The molecule has 1 N–H and O–H groups in total. The highest BCUT2D eigenvalue weighted by atomic mass is 32.2. The van der Waals surface area contributed by atoms with Crippen molar-refractivity contribution in [2.75, 3.05) is 4.31 Å². The highest BCUT2D eigenvalue weighted by Gasteiger charge is 2.22. The molecule has 5 heteroatoms. The first-order chi connectivity index (χ1) is 9.93. The number of hydrogen-bond acceptors (Lipinski definition) is 2. The van der Waals surface area contributed by atoms with E-state index in [1.54, 1.807) is 12.1 Å². The maximum absolute atomic E-state index is 11.8. The third-order valence-corrected chi connectivity index (χ3v) is 4.34. The third-order valence-electron chi connectivity index (χ3n) is 3.46. The summed E-state index contributed by atoms with van der Waals surface area (Å²) in [6.07, 6.45) is 0.697. The molecule has 0 saturated carbocycles. The molecule has 2 aromatic carbocycles. The van der Waals surface area contributed by atoms with Crippen LogP contribution in [0.5, 0.6) is 0 Å². The summed E-state index contributed by atoms with van der Waals surface area (Å²) in [4.78, 5) is 0. The smallest absolute Gasteiger partial charge is 0.269 e. The summed E-state index contributed by atoms with van der Waals surface area (Å²) >= 11 is 0. The molecule has 0 fully saturated rings. The topological polar surface area (TPSA) is 57.6 Å². The van der Waals surface area contributed by atoms with Gasteiger partial charge in [-0.1, -0.05) is 49.4 Å². The highest BCUT2D eigenvalue weighted by molar-refractivity contribution is 7.87. The van der Waals surface area contributed by atoms with Gasteiger partial charge < -0.3 is 0 Å². The zero-order chi connectivity index (χ0) is 15.5. The van der Waals surface area contributed by atoms with E-state index in [1.807, 2.05) is 50.2 Å². The van der Waals surface area contributed by atoms with Gasteiger partial charge in [0.1, 0.15) is 0 Å². The molecule has 21 heavy (non-hydrogen) atoms. The van der Waals surface area contributed by atoms with Crippen LogP contribution in [-0.2, 0) is 23.3 Å². The molecule has 2 aromatic rings. The van der Waals surface area contributed by atoms with Gasteiger partial charge in [0.25, 0.3) is 0 Å². The van der Waals surface area contributed by atoms with Gasteiger partial charge in [-0.25, -0.2) is 4.31 Å². The quantitative estimate of drug-likeness (QED) is 0.862. The Labute approximate surface area is 125 Å². The van der Waals surface area contributed by atoms with Crippen molar-refractivity contribution in [3.05, 3.63) is 65.2 Å². The minimum atomic E-state index is -4.33. The van der Waals surface area contributed by atoms with Crippen molar-refractivity contribution in [3.8, 4) is 0 Å². The number of nitrogens with zero attached hydrogens (tertiary/aromatic N) is 1. The lowest BCUT2D eigenvalue weighted by Crippen LogP contribution is -2.30. The van der Waals surface area contributed by atoms with E-state index in [2.05, 4.69) is 0 Å². The van der Waals surface area contributed by atoms with E-state index in [0.717, 1.165) is 21.0 Å².